The Hall–Kier alpha value is -1.22. The average Bonchev–Trinajstić information content (AvgIpc) is 2.43. The van der Waals surface area contributed by atoms with Gasteiger partial charge in [0.15, 0.2) is 11.5 Å². The third-order valence-corrected chi connectivity index (χ3v) is 3.62. The molecule has 1 aromatic rings. The fourth-order valence-corrected chi connectivity index (χ4v) is 2.61. The van der Waals surface area contributed by atoms with Gasteiger partial charge >= 0.3 is 0 Å². The Morgan fingerprint density at radius 2 is 1.83 bits per heavy atom. The van der Waals surface area contributed by atoms with Crippen LogP contribution < -0.4 is 14.8 Å². The topological polar surface area (TPSA) is 30.5 Å². The van der Waals surface area contributed by atoms with Crippen LogP contribution in [-0.4, -0.2) is 26.8 Å². The zero-order valence-corrected chi connectivity index (χ0v) is 11.6. The van der Waals surface area contributed by atoms with Crippen LogP contribution in [0.4, 0.5) is 0 Å². The Morgan fingerprint density at radius 1 is 1.17 bits per heavy atom. The van der Waals surface area contributed by atoms with Gasteiger partial charge in [-0.05, 0) is 55.5 Å². The first-order chi connectivity index (χ1) is 8.78. The minimum absolute atomic E-state index is 0.607. The van der Waals surface area contributed by atoms with Gasteiger partial charge in [-0.15, -0.1) is 0 Å². The highest BCUT2D eigenvalue weighted by Gasteiger charge is 2.20. The van der Waals surface area contributed by atoms with Crippen molar-refractivity contribution in [2.45, 2.75) is 38.6 Å². The van der Waals surface area contributed by atoms with Gasteiger partial charge in [-0.25, -0.2) is 0 Å². The summed E-state index contributed by atoms with van der Waals surface area (Å²) in [6, 6.07) is 4.87. The van der Waals surface area contributed by atoms with Gasteiger partial charge in [0.1, 0.15) is 0 Å². The number of rotatable bonds is 5. The fourth-order valence-electron chi connectivity index (χ4n) is 2.61. The van der Waals surface area contributed by atoms with Gasteiger partial charge in [0.05, 0.1) is 14.2 Å². The molecule has 1 aromatic carbocycles. The van der Waals surface area contributed by atoms with Crippen LogP contribution in [-0.2, 0) is 12.8 Å². The molecule has 3 heteroatoms. The van der Waals surface area contributed by atoms with Crippen LogP contribution in [0.1, 0.15) is 30.9 Å². The number of ether oxygens (including phenoxy) is 2. The molecule has 0 spiro atoms. The molecular weight excluding hydrogens is 226 g/mol. The van der Waals surface area contributed by atoms with Gasteiger partial charge < -0.3 is 14.8 Å². The second kappa shape index (κ2) is 6.10. The van der Waals surface area contributed by atoms with E-state index in [0.717, 1.165) is 30.9 Å². The lowest BCUT2D eigenvalue weighted by Crippen LogP contribution is -2.34. The average molecular weight is 249 g/mol. The van der Waals surface area contributed by atoms with Crippen molar-refractivity contribution in [1.29, 1.82) is 0 Å². The van der Waals surface area contributed by atoms with Crippen LogP contribution in [0.15, 0.2) is 12.1 Å². The quantitative estimate of drug-likeness (QED) is 0.870. The Morgan fingerprint density at radius 3 is 2.44 bits per heavy atom. The maximum Gasteiger partial charge on any atom is 0.161 e. The van der Waals surface area contributed by atoms with Crippen molar-refractivity contribution in [3.63, 3.8) is 0 Å². The third-order valence-electron chi connectivity index (χ3n) is 3.62. The molecule has 0 bridgehead atoms. The van der Waals surface area contributed by atoms with Crippen molar-refractivity contribution in [2.75, 3.05) is 20.8 Å². The molecule has 1 atom stereocenters. The molecule has 100 valence electrons. The summed E-state index contributed by atoms with van der Waals surface area (Å²) in [5.41, 5.74) is 2.80. The minimum Gasteiger partial charge on any atom is -0.493 e. The van der Waals surface area contributed by atoms with E-state index in [9.17, 15) is 0 Å². The lowest BCUT2D eigenvalue weighted by Gasteiger charge is -2.26. The van der Waals surface area contributed by atoms with Crippen LogP contribution >= 0.6 is 0 Å². The molecular formula is C15H23NO2. The molecule has 0 amide bonds. The van der Waals surface area contributed by atoms with E-state index in [1.54, 1.807) is 14.2 Å². The fraction of sp³-hybridized carbons (Fsp3) is 0.600. The Balaban J connectivity index is 2.16. The van der Waals surface area contributed by atoms with Crippen molar-refractivity contribution in [2.24, 2.45) is 0 Å². The summed E-state index contributed by atoms with van der Waals surface area (Å²) in [6.45, 7) is 3.31. The van der Waals surface area contributed by atoms with E-state index in [4.69, 9.17) is 9.47 Å². The maximum absolute atomic E-state index is 5.37. The second-order valence-corrected chi connectivity index (χ2v) is 4.87. The molecule has 0 radical (unpaired) electrons. The molecule has 1 aliphatic rings. The summed E-state index contributed by atoms with van der Waals surface area (Å²) < 4.78 is 10.7. The van der Waals surface area contributed by atoms with Crippen LogP contribution in [0.2, 0.25) is 0 Å². The number of aryl methyl sites for hydroxylation is 1. The summed E-state index contributed by atoms with van der Waals surface area (Å²) in [7, 11) is 3.39. The van der Waals surface area contributed by atoms with E-state index in [2.05, 4.69) is 24.4 Å². The van der Waals surface area contributed by atoms with Crippen LogP contribution in [0.5, 0.6) is 11.5 Å². The van der Waals surface area contributed by atoms with Gasteiger partial charge in [0.2, 0.25) is 0 Å². The van der Waals surface area contributed by atoms with Crippen molar-refractivity contribution >= 4 is 0 Å². The van der Waals surface area contributed by atoms with Crippen molar-refractivity contribution in [3.8, 4) is 11.5 Å². The second-order valence-electron chi connectivity index (χ2n) is 4.87. The summed E-state index contributed by atoms with van der Waals surface area (Å²) in [5, 5.41) is 3.61. The number of fused-ring (bicyclic) bond motifs is 1. The summed E-state index contributed by atoms with van der Waals surface area (Å²) >= 11 is 0. The van der Waals surface area contributed by atoms with Crippen molar-refractivity contribution in [1.82, 2.24) is 5.32 Å². The van der Waals surface area contributed by atoms with E-state index in [1.165, 1.54) is 24.0 Å². The van der Waals surface area contributed by atoms with E-state index < -0.39 is 0 Å². The van der Waals surface area contributed by atoms with Crippen molar-refractivity contribution < 1.29 is 9.47 Å². The smallest absolute Gasteiger partial charge is 0.161 e. The van der Waals surface area contributed by atoms with Gasteiger partial charge in [0.25, 0.3) is 0 Å². The SMILES string of the molecule is CCCN[C@@H]1CCc2cc(OC)c(OC)cc2C1. The monoisotopic (exact) mass is 249 g/mol. The molecule has 0 saturated heterocycles. The van der Waals surface area contributed by atoms with E-state index in [-0.39, 0.29) is 0 Å². The summed E-state index contributed by atoms with van der Waals surface area (Å²) in [5.74, 6) is 1.68. The Kier molecular flexibility index (Phi) is 4.48. The molecule has 1 N–H and O–H groups in total. The number of benzene rings is 1. The molecule has 1 aliphatic carbocycles. The zero-order valence-electron chi connectivity index (χ0n) is 11.6. The van der Waals surface area contributed by atoms with Gasteiger partial charge in [-0.1, -0.05) is 6.92 Å². The van der Waals surface area contributed by atoms with E-state index in [1.807, 2.05) is 0 Å². The first-order valence-electron chi connectivity index (χ1n) is 6.75. The summed E-state index contributed by atoms with van der Waals surface area (Å²) in [6.07, 6.45) is 4.62. The third kappa shape index (κ3) is 2.78. The first kappa shape index (κ1) is 13.2. The molecule has 0 saturated carbocycles. The largest absolute Gasteiger partial charge is 0.493 e. The van der Waals surface area contributed by atoms with E-state index in [0.29, 0.717) is 6.04 Å². The number of hydrogen-bond donors (Lipinski definition) is 1. The number of nitrogens with one attached hydrogen (secondary N) is 1. The summed E-state index contributed by atoms with van der Waals surface area (Å²) in [4.78, 5) is 0. The van der Waals surface area contributed by atoms with Gasteiger partial charge in [0, 0.05) is 6.04 Å². The molecule has 0 fully saturated rings. The number of hydrogen-bond acceptors (Lipinski definition) is 3. The lowest BCUT2D eigenvalue weighted by atomic mass is 9.88. The van der Waals surface area contributed by atoms with Crippen molar-refractivity contribution in [3.05, 3.63) is 23.3 Å². The van der Waals surface area contributed by atoms with Crippen LogP contribution in [0.3, 0.4) is 0 Å². The van der Waals surface area contributed by atoms with Crippen LogP contribution in [0, 0.1) is 0 Å². The highest BCUT2D eigenvalue weighted by atomic mass is 16.5. The van der Waals surface area contributed by atoms with Gasteiger partial charge in [-0.3, -0.25) is 0 Å². The predicted octanol–water partition coefficient (Wildman–Crippen LogP) is 2.56. The zero-order chi connectivity index (χ0) is 13.0. The molecule has 18 heavy (non-hydrogen) atoms. The predicted molar refractivity (Wildman–Crippen MR) is 73.7 cm³/mol. The molecule has 0 heterocycles. The highest BCUT2D eigenvalue weighted by Crippen LogP contribution is 2.34. The van der Waals surface area contributed by atoms with Crippen LogP contribution in [0.25, 0.3) is 0 Å². The normalized spacial score (nSPS) is 18.3. The standard InChI is InChI=1S/C15H23NO2/c1-4-7-16-13-6-5-11-9-14(17-2)15(18-3)10-12(11)8-13/h9-10,13,16H,4-8H2,1-3H3/t13-/m1/s1. The molecule has 0 aliphatic heterocycles. The first-order valence-corrected chi connectivity index (χ1v) is 6.75. The minimum atomic E-state index is 0.607. The maximum atomic E-state index is 5.37. The van der Waals surface area contributed by atoms with Gasteiger partial charge in [-0.2, -0.15) is 0 Å². The Labute approximate surface area is 109 Å². The lowest BCUT2D eigenvalue weighted by molar-refractivity contribution is 0.352. The molecule has 0 unspecified atom stereocenters. The van der Waals surface area contributed by atoms with E-state index >= 15 is 0 Å². The molecule has 3 nitrogen and oxygen atoms in total. The number of methoxy groups -OCH3 is 2. The molecule has 0 aromatic heterocycles. The highest BCUT2D eigenvalue weighted by molar-refractivity contribution is 5.48. The molecule has 2 rings (SSSR count). The Bertz CT molecular complexity index is 404.